The Labute approximate surface area is 288 Å². The number of rotatable bonds is 10. The number of carbonyl (C=O) groups is 2. The fourth-order valence-electron chi connectivity index (χ4n) is 4.60. The predicted octanol–water partition coefficient (Wildman–Crippen LogP) is 9.51. The Balaban J connectivity index is 0.000000188. The number of aromatic nitrogens is 2. The summed E-state index contributed by atoms with van der Waals surface area (Å²) in [6.45, 7) is 4.35. The number of hydrogen-bond donors (Lipinski definition) is 0. The number of thiazole rings is 2. The first kappa shape index (κ1) is 34.0. The molecule has 0 fully saturated rings. The molecule has 0 atom stereocenters. The minimum atomic E-state index is -0.299. The Morgan fingerprint density at radius 2 is 0.917 bits per heavy atom. The van der Waals surface area contributed by atoms with Gasteiger partial charge in [-0.25, -0.2) is 19.6 Å². The number of hydrogen-bond acceptors (Lipinski definition) is 10. The van der Waals surface area contributed by atoms with Gasteiger partial charge in [0.25, 0.3) is 0 Å². The maximum atomic E-state index is 11.7. The van der Waals surface area contributed by atoms with E-state index in [0.717, 1.165) is 44.2 Å². The summed E-state index contributed by atoms with van der Waals surface area (Å²) in [6.07, 6.45) is 0. The van der Waals surface area contributed by atoms with E-state index in [-0.39, 0.29) is 11.9 Å². The highest BCUT2D eigenvalue weighted by Crippen LogP contribution is 2.32. The van der Waals surface area contributed by atoms with E-state index in [2.05, 4.69) is 24.3 Å². The molecule has 0 aliphatic heterocycles. The van der Waals surface area contributed by atoms with Gasteiger partial charge in [-0.15, -0.1) is 22.7 Å². The van der Waals surface area contributed by atoms with Crippen LogP contribution in [0.3, 0.4) is 0 Å². The molecule has 10 heteroatoms. The second-order valence-electron chi connectivity index (χ2n) is 10.4. The molecule has 0 aliphatic carbocycles. The maximum absolute atomic E-state index is 11.7. The van der Waals surface area contributed by atoms with Gasteiger partial charge in [0.05, 0.1) is 24.3 Å². The van der Waals surface area contributed by atoms with Crippen LogP contribution in [0.25, 0.3) is 21.1 Å². The van der Waals surface area contributed by atoms with Crippen LogP contribution >= 0.6 is 22.7 Å². The molecular weight excluding hydrogens is 641 g/mol. The maximum Gasteiger partial charge on any atom is 0.338 e. The third-order valence-electron chi connectivity index (χ3n) is 7.24. The second kappa shape index (κ2) is 16.5. The lowest BCUT2D eigenvalue weighted by atomic mass is 10.2. The van der Waals surface area contributed by atoms with Crippen LogP contribution in [0.1, 0.15) is 34.6 Å². The number of ether oxygens (including phenoxy) is 2. The summed E-state index contributed by atoms with van der Waals surface area (Å²) >= 11 is 3.23. The number of benzene rings is 4. The Kier molecular flexibility index (Phi) is 11.7. The van der Waals surface area contributed by atoms with Crippen molar-refractivity contribution in [2.24, 2.45) is 0 Å². The van der Waals surface area contributed by atoms with Gasteiger partial charge in [0.15, 0.2) is 0 Å². The van der Waals surface area contributed by atoms with Gasteiger partial charge >= 0.3 is 11.9 Å². The molecule has 0 spiro atoms. The summed E-state index contributed by atoms with van der Waals surface area (Å²) in [5, 5.41) is 6.03. The molecule has 0 aliphatic rings. The highest BCUT2D eigenvalue weighted by molar-refractivity contribution is 7.13. The largest absolute Gasteiger partial charge is 0.462 e. The second-order valence-corrected chi connectivity index (χ2v) is 12.1. The van der Waals surface area contributed by atoms with Crippen LogP contribution < -0.4 is 9.80 Å². The molecule has 8 nitrogen and oxygen atoms in total. The van der Waals surface area contributed by atoms with Crippen molar-refractivity contribution in [1.82, 2.24) is 9.97 Å². The molecule has 0 bridgehead atoms. The fraction of sp³-hybridized carbons (Fsp3) is 0.158. The zero-order valence-electron chi connectivity index (χ0n) is 27.2. The summed E-state index contributed by atoms with van der Waals surface area (Å²) in [7, 11) is 3.92. The molecule has 2 aromatic heterocycles. The molecule has 6 rings (SSSR count). The topological polar surface area (TPSA) is 84.9 Å². The van der Waals surface area contributed by atoms with Gasteiger partial charge in [0.1, 0.15) is 21.7 Å². The van der Waals surface area contributed by atoms with Crippen molar-refractivity contribution in [3.63, 3.8) is 0 Å². The molecule has 0 saturated heterocycles. The van der Waals surface area contributed by atoms with E-state index >= 15 is 0 Å². The van der Waals surface area contributed by atoms with Crippen LogP contribution in [0.5, 0.6) is 0 Å². The van der Waals surface area contributed by atoms with Crippen LogP contribution in [0.4, 0.5) is 23.0 Å². The van der Waals surface area contributed by atoms with E-state index in [4.69, 9.17) is 19.4 Å². The lowest BCUT2D eigenvalue weighted by Gasteiger charge is -2.16. The van der Waals surface area contributed by atoms with Gasteiger partial charge in [-0.05, 0) is 62.4 Å². The number of nitrogens with zero attached hydrogens (tertiary/aromatic N) is 4. The number of carbonyl (C=O) groups excluding carboxylic acids is 2. The average Bonchev–Trinajstić information content (AvgIpc) is 3.84. The molecule has 0 N–H and O–H groups in total. The molecule has 0 radical (unpaired) electrons. The van der Waals surface area contributed by atoms with Gasteiger partial charge in [0.2, 0.25) is 0 Å². The summed E-state index contributed by atoms with van der Waals surface area (Å²) in [5.74, 6) is 1.16. The molecule has 2 heterocycles. The summed E-state index contributed by atoms with van der Waals surface area (Å²) in [6, 6.07) is 34.9. The Bertz CT molecular complexity index is 1770. The monoisotopic (exact) mass is 676 g/mol. The minimum Gasteiger partial charge on any atom is -0.462 e. The first-order valence-corrected chi connectivity index (χ1v) is 17.2. The van der Waals surface area contributed by atoms with Crippen molar-refractivity contribution in [3.05, 3.63) is 131 Å². The molecule has 0 amide bonds. The van der Waals surface area contributed by atoms with Crippen molar-refractivity contribution in [2.75, 3.05) is 37.1 Å². The Hall–Kier alpha value is -5.32. The van der Waals surface area contributed by atoms with E-state index < -0.39 is 0 Å². The van der Waals surface area contributed by atoms with E-state index in [9.17, 15) is 9.59 Å². The molecule has 244 valence electrons. The lowest BCUT2D eigenvalue weighted by molar-refractivity contribution is 0.0517. The van der Waals surface area contributed by atoms with Crippen LogP contribution in [0.15, 0.2) is 120 Å². The standard InChI is InChI=1S/2C19H18N2O2S/c2*1-3-23-19(22)15-9-11-16(12-10-15)21(2)17-13-24-18(20-17)14-7-5-4-6-8-14/h2*4-13H,3H2,1-2H3. The zero-order chi connectivity index (χ0) is 33.9. The van der Waals surface area contributed by atoms with E-state index in [1.54, 1.807) is 60.8 Å². The normalized spacial score (nSPS) is 10.4. The first-order valence-electron chi connectivity index (χ1n) is 15.4. The smallest absolute Gasteiger partial charge is 0.338 e. The van der Waals surface area contributed by atoms with Gasteiger partial charge in [-0.1, -0.05) is 60.7 Å². The van der Waals surface area contributed by atoms with E-state index in [0.29, 0.717) is 24.3 Å². The van der Waals surface area contributed by atoms with Crippen LogP contribution in [-0.2, 0) is 9.47 Å². The van der Waals surface area contributed by atoms with Crippen molar-refractivity contribution in [1.29, 1.82) is 0 Å². The highest BCUT2D eigenvalue weighted by Gasteiger charge is 2.13. The van der Waals surface area contributed by atoms with Crippen LogP contribution in [-0.4, -0.2) is 49.2 Å². The van der Waals surface area contributed by atoms with Gasteiger partial charge in [-0.2, -0.15) is 0 Å². The van der Waals surface area contributed by atoms with Crippen molar-refractivity contribution >= 4 is 57.6 Å². The van der Waals surface area contributed by atoms with Gasteiger partial charge in [-0.3, -0.25) is 0 Å². The summed E-state index contributed by atoms with van der Waals surface area (Å²) in [5.41, 5.74) is 5.26. The molecule has 0 saturated carbocycles. The number of esters is 2. The van der Waals surface area contributed by atoms with Crippen LogP contribution in [0.2, 0.25) is 0 Å². The Morgan fingerprint density at radius 3 is 1.25 bits per heavy atom. The zero-order valence-corrected chi connectivity index (χ0v) is 28.8. The molecule has 0 unspecified atom stereocenters. The minimum absolute atomic E-state index is 0.299. The fourth-order valence-corrected chi connectivity index (χ4v) is 6.29. The van der Waals surface area contributed by atoms with Crippen molar-refractivity contribution in [3.8, 4) is 21.1 Å². The number of anilines is 4. The van der Waals surface area contributed by atoms with Crippen molar-refractivity contribution < 1.29 is 19.1 Å². The molecule has 4 aromatic carbocycles. The van der Waals surface area contributed by atoms with E-state index in [1.807, 2.05) is 95.3 Å². The molecule has 48 heavy (non-hydrogen) atoms. The summed E-state index contributed by atoms with van der Waals surface area (Å²) < 4.78 is 10.0. The highest BCUT2D eigenvalue weighted by atomic mass is 32.1. The lowest BCUT2D eigenvalue weighted by Crippen LogP contribution is -2.10. The first-order chi connectivity index (χ1) is 23.4. The molecular formula is C38H36N4O4S2. The summed E-state index contributed by atoms with van der Waals surface area (Å²) in [4.78, 5) is 36.8. The van der Waals surface area contributed by atoms with Gasteiger partial charge in [0, 0.05) is 47.4 Å². The third-order valence-corrected chi connectivity index (χ3v) is 9.00. The van der Waals surface area contributed by atoms with Crippen molar-refractivity contribution in [2.45, 2.75) is 13.8 Å². The predicted molar refractivity (Wildman–Crippen MR) is 196 cm³/mol. The Morgan fingerprint density at radius 1 is 0.562 bits per heavy atom. The van der Waals surface area contributed by atoms with Gasteiger partial charge < -0.3 is 19.3 Å². The SMILES string of the molecule is CCOC(=O)c1ccc(N(C)c2csc(-c3ccccc3)n2)cc1.CCOC(=O)c1ccc(N(C)c2csc(-c3ccccc3)n2)cc1. The van der Waals surface area contributed by atoms with E-state index in [1.165, 1.54) is 0 Å². The van der Waals surface area contributed by atoms with Crippen LogP contribution in [0, 0.1) is 0 Å². The molecule has 6 aromatic rings. The average molecular weight is 677 g/mol. The quantitative estimate of drug-likeness (QED) is 0.133. The third kappa shape index (κ3) is 8.52.